The molecule has 260 valence electrons. The van der Waals surface area contributed by atoms with Crippen LogP contribution in [0.15, 0.2) is 11.0 Å². The molecule has 0 radical (unpaired) electrons. The van der Waals surface area contributed by atoms with Crippen LogP contribution in [0.3, 0.4) is 0 Å². The first-order valence-corrected chi connectivity index (χ1v) is 16.7. The second-order valence-corrected chi connectivity index (χ2v) is 12.0. The molecule has 0 saturated carbocycles. The van der Waals surface area contributed by atoms with E-state index in [1.54, 1.807) is 13.8 Å². The van der Waals surface area contributed by atoms with Crippen LogP contribution in [0, 0.1) is 0 Å². The van der Waals surface area contributed by atoms with E-state index in [2.05, 4.69) is 26.6 Å². The van der Waals surface area contributed by atoms with Gasteiger partial charge in [-0.1, -0.05) is 13.8 Å². The van der Waals surface area contributed by atoms with Gasteiger partial charge in [0, 0.05) is 63.7 Å². The minimum absolute atomic E-state index is 0.00197. The molecule has 0 fully saturated rings. The van der Waals surface area contributed by atoms with Crippen molar-refractivity contribution in [2.24, 2.45) is 5.73 Å². The third-order valence-corrected chi connectivity index (χ3v) is 8.23. The summed E-state index contributed by atoms with van der Waals surface area (Å²) in [6.07, 6.45) is 3.29. The molecule has 6 amide bonds. The fourth-order valence-corrected chi connectivity index (χ4v) is 5.32. The summed E-state index contributed by atoms with van der Waals surface area (Å²) < 4.78 is 1.23. The number of carbonyl (C=O) groups excluding carboxylic acids is 6. The molecule has 0 bridgehead atoms. The molecule has 1 aromatic rings. The Morgan fingerprint density at radius 2 is 1.43 bits per heavy atom. The molecule has 1 heterocycles. The van der Waals surface area contributed by atoms with Gasteiger partial charge in [0.25, 0.3) is 0 Å². The number of aromatic hydroxyl groups is 2. The van der Waals surface area contributed by atoms with Crippen molar-refractivity contribution in [3.63, 3.8) is 0 Å². The van der Waals surface area contributed by atoms with Crippen molar-refractivity contribution in [2.75, 3.05) is 18.8 Å². The van der Waals surface area contributed by atoms with Crippen LogP contribution in [0.25, 0.3) is 0 Å². The van der Waals surface area contributed by atoms with Crippen LogP contribution >= 0.6 is 11.8 Å². The lowest BCUT2D eigenvalue weighted by atomic mass is 10.1. The van der Waals surface area contributed by atoms with Gasteiger partial charge in [-0.2, -0.15) is 0 Å². The molecule has 3 atom stereocenters. The minimum atomic E-state index is -0.957. The quantitative estimate of drug-likeness (QED) is 0.0606. The van der Waals surface area contributed by atoms with Crippen molar-refractivity contribution in [3.05, 3.63) is 6.07 Å². The summed E-state index contributed by atoms with van der Waals surface area (Å²) in [7, 11) is 0. The van der Waals surface area contributed by atoms with Crippen LogP contribution in [0.5, 0.6) is 11.8 Å². The number of unbranched alkanes of at least 4 members (excludes halogenated alkanes) is 2. The summed E-state index contributed by atoms with van der Waals surface area (Å²) in [6, 6.07) is -0.541. The average Bonchev–Trinajstić information content (AvgIpc) is 3.27. The second kappa shape index (κ2) is 21.7. The van der Waals surface area contributed by atoms with E-state index < -0.39 is 23.9 Å². The fraction of sp³-hybridized carbons (Fsp3) is 0.667. The molecule has 0 aromatic carbocycles. The third kappa shape index (κ3) is 15.9. The Labute approximate surface area is 274 Å². The number of rotatable bonds is 23. The molecule has 9 N–H and O–H groups in total. The van der Waals surface area contributed by atoms with Crippen molar-refractivity contribution in [3.8, 4) is 11.8 Å². The first-order valence-electron chi connectivity index (χ1n) is 15.7. The van der Waals surface area contributed by atoms with Gasteiger partial charge in [0.15, 0.2) is 5.88 Å². The second-order valence-electron chi connectivity index (χ2n) is 11.0. The average molecular weight is 670 g/mol. The zero-order valence-electron chi connectivity index (χ0n) is 27.3. The van der Waals surface area contributed by atoms with Crippen molar-refractivity contribution in [1.82, 2.24) is 31.2 Å². The molecule has 0 aliphatic carbocycles. The van der Waals surface area contributed by atoms with E-state index in [1.165, 1.54) is 29.3 Å². The molecule has 15 nitrogen and oxygen atoms in total. The molecule has 0 saturated heterocycles. The maximum absolute atomic E-state index is 12.9. The molecule has 0 aliphatic rings. The van der Waals surface area contributed by atoms with Gasteiger partial charge in [0.2, 0.25) is 41.3 Å². The van der Waals surface area contributed by atoms with Gasteiger partial charge >= 0.3 is 0 Å². The Hall–Kier alpha value is -3.95. The van der Waals surface area contributed by atoms with Crippen LogP contribution in [-0.4, -0.2) is 87.2 Å². The maximum Gasteiger partial charge on any atom is 0.243 e. The Kier molecular flexibility index (Phi) is 18.9. The Morgan fingerprint density at radius 1 is 0.848 bits per heavy atom. The number of primary amides is 1. The number of aromatic nitrogens is 1. The molecule has 3 unspecified atom stereocenters. The van der Waals surface area contributed by atoms with Gasteiger partial charge in [-0.15, -0.1) is 11.8 Å². The van der Waals surface area contributed by atoms with E-state index in [-0.39, 0.29) is 67.2 Å². The number of hydrogen-bond acceptors (Lipinski definition) is 9. The smallest absolute Gasteiger partial charge is 0.243 e. The Balaban J connectivity index is 2.49. The summed E-state index contributed by atoms with van der Waals surface area (Å²) in [5.41, 5.74) is 5.52. The van der Waals surface area contributed by atoms with Crippen LogP contribution < -0.4 is 32.3 Å². The van der Waals surface area contributed by atoms with Crippen LogP contribution in [0.4, 0.5) is 0 Å². The standard InChI is InChI=1S/C30H51N7O8S/c1-5-24(39)32-14-10-8-12-22(35-25(40)6-2)29(44)36-21(28(31)43)11-7-9-15-33-26(41)13-16-37-27(42)17-23(30(37)45)46-18-19(3)34-20(4)38/h17,19,21-22,42,45H,5-16,18H2,1-4H3,(H2,31,43)(H,32,39)(H,33,41)(H,34,38)(H,35,40)(H,36,44). The molecular formula is C30H51N7O8S. The highest BCUT2D eigenvalue weighted by Crippen LogP contribution is 2.35. The fourth-order valence-electron chi connectivity index (χ4n) is 4.38. The van der Waals surface area contributed by atoms with E-state index in [4.69, 9.17) is 5.73 Å². The summed E-state index contributed by atoms with van der Waals surface area (Å²) in [5.74, 6) is -1.93. The van der Waals surface area contributed by atoms with E-state index in [1.807, 2.05) is 6.92 Å². The van der Waals surface area contributed by atoms with Gasteiger partial charge in [-0.05, 0) is 45.4 Å². The van der Waals surface area contributed by atoms with Crippen LogP contribution in [0.1, 0.15) is 85.5 Å². The topological polar surface area (TPSA) is 234 Å². The number of carbonyl (C=O) groups is 6. The first-order chi connectivity index (χ1) is 21.8. The zero-order valence-corrected chi connectivity index (χ0v) is 28.1. The number of thioether (sulfide) groups is 1. The number of nitrogens with one attached hydrogen (secondary N) is 5. The van der Waals surface area contributed by atoms with E-state index in [0.717, 1.165) is 0 Å². The minimum Gasteiger partial charge on any atom is -0.494 e. The monoisotopic (exact) mass is 669 g/mol. The highest BCUT2D eigenvalue weighted by molar-refractivity contribution is 7.99. The molecule has 1 rings (SSSR count). The van der Waals surface area contributed by atoms with Gasteiger partial charge in [0.05, 0.1) is 4.90 Å². The predicted molar refractivity (Wildman–Crippen MR) is 174 cm³/mol. The third-order valence-electron chi connectivity index (χ3n) is 6.95. The molecular weight excluding hydrogens is 618 g/mol. The molecule has 16 heteroatoms. The van der Waals surface area contributed by atoms with E-state index in [0.29, 0.717) is 62.3 Å². The van der Waals surface area contributed by atoms with Gasteiger partial charge in [-0.25, -0.2) is 0 Å². The van der Waals surface area contributed by atoms with Crippen molar-refractivity contribution in [2.45, 2.75) is 115 Å². The summed E-state index contributed by atoms with van der Waals surface area (Å²) in [6.45, 7) is 7.47. The molecule has 0 aliphatic heterocycles. The number of hydrogen-bond donors (Lipinski definition) is 8. The van der Waals surface area contributed by atoms with Gasteiger partial charge in [0.1, 0.15) is 12.1 Å². The lowest BCUT2D eigenvalue weighted by molar-refractivity contribution is -0.131. The summed E-state index contributed by atoms with van der Waals surface area (Å²) in [5, 5.41) is 34.2. The van der Waals surface area contributed by atoms with Crippen molar-refractivity contribution in [1.29, 1.82) is 0 Å². The zero-order chi connectivity index (χ0) is 34.6. The Bertz CT molecular complexity index is 1180. The lowest BCUT2D eigenvalue weighted by Gasteiger charge is -2.22. The Morgan fingerprint density at radius 3 is 2.00 bits per heavy atom. The maximum atomic E-state index is 12.9. The summed E-state index contributed by atoms with van der Waals surface area (Å²) in [4.78, 5) is 72.3. The van der Waals surface area contributed by atoms with E-state index in [9.17, 15) is 39.0 Å². The highest BCUT2D eigenvalue weighted by Gasteiger charge is 2.25. The van der Waals surface area contributed by atoms with E-state index >= 15 is 0 Å². The van der Waals surface area contributed by atoms with Crippen LogP contribution in [0.2, 0.25) is 0 Å². The van der Waals surface area contributed by atoms with Crippen molar-refractivity contribution < 1.29 is 39.0 Å². The number of nitrogens with zero attached hydrogens (tertiary/aromatic N) is 1. The van der Waals surface area contributed by atoms with Gasteiger partial charge in [-0.3, -0.25) is 33.3 Å². The highest BCUT2D eigenvalue weighted by atomic mass is 32.2. The largest absolute Gasteiger partial charge is 0.494 e. The molecule has 1 aromatic heterocycles. The van der Waals surface area contributed by atoms with Crippen LogP contribution in [-0.2, 0) is 35.3 Å². The normalized spacial score (nSPS) is 12.8. The molecule has 0 spiro atoms. The number of amides is 6. The lowest BCUT2D eigenvalue weighted by Crippen LogP contribution is -2.52. The number of nitrogens with two attached hydrogens (primary N) is 1. The SMILES string of the molecule is CCC(=O)NCCCCC(NC(=O)CC)C(=O)NC(CCCCNC(=O)CCn1c(O)cc(SCC(C)NC(C)=O)c1O)C(N)=O. The van der Waals surface area contributed by atoms with Crippen molar-refractivity contribution >= 4 is 47.2 Å². The summed E-state index contributed by atoms with van der Waals surface area (Å²) >= 11 is 1.27. The van der Waals surface area contributed by atoms with Gasteiger partial charge < -0.3 is 42.5 Å². The predicted octanol–water partition coefficient (Wildman–Crippen LogP) is 0.754. The first kappa shape index (κ1) is 40.1. The molecule has 46 heavy (non-hydrogen) atoms.